The molecule has 0 aliphatic rings. The molecule has 16 heavy (non-hydrogen) atoms. The van der Waals surface area contributed by atoms with Crippen molar-refractivity contribution >= 4 is 43.2 Å². The molecule has 0 spiro atoms. The van der Waals surface area contributed by atoms with Gasteiger partial charge >= 0.3 is 0 Å². The van der Waals surface area contributed by atoms with Crippen LogP contribution < -0.4 is 5.73 Å². The van der Waals surface area contributed by atoms with E-state index in [1.807, 2.05) is 18.2 Å². The molecule has 6 heteroatoms. The Morgan fingerprint density at radius 3 is 2.69 bits per heavy atom. The van der Waals surface area contributed by atoms with Crippen LogP contribution in [0.5, 0.6) is 0 Å². The van der Waals surface area contributed by atoms with Gasteiger partial charge in [0.25, 0.3) is 0 Å². The maximum atomic E-state index is 11.3. The second-order valence-electron chi connectivity index (χ2n) is 3.27. The third-order valence-electron chi connectivity index (χ3n) is 2.06. The van der Waals surface area contributed by atoms with Gasteiger partial charge in [-0.15, -0.1) is 11.8 Å². The average molecular weight is 324 g/mol. The number of benzene rings is 1. The Morgan fingerprint density at radius 1 is 1.44 bits per heavy atom. The number of halogens is 1. The minimum absolute atomic E-state index is 0.198. The fourth-order valence-corrected chi connectivity index (χ4v) is 3.70. The van der Waals surface area contributed by atoms with Crippen LogP contribution in [0.1, 0.15) is 6.92 Å². The number of rotatable bonds is 5. The first-order chi connectivity index (χ1) is 7.44. The maximum absolute atomic E-state index is 11.3. The number of thioether (sulfide) groups is 1. The standard InChI is InChI=1S/C10H14BrNO2S2/c1-2-16(13,14)6-5-15-10-4-3-8(11)7-9(10)12/h3-4,7H,2,5-6,12H2,1H3. The highest BCUT2D eigenvalue weighted by molar-refractivity contribution is 9.10. The van der Waals surface area contributed by atoms with Crippen molar-refractivity contribution in [1.82, 2.24) is 0 Å². The number of hydrogen-bond acceptors (Lipinski definition) is 4. The highest BCUT2D eigenvalue weighted by atomic mass is 79.9. The zero-order chi connectivity index (χ0) is 12.2. The van der Waals surface area contributed by atoms with Crippen molar-refractivity contribution in [2.45, 2.75) is 11.8 Å². The number of anilines is 1. The molecule has 0 atom stereocenters. The van der Waals surface area contributed by atoms with Crippen molar-refractivity contribution in [3.63, 3.8) is 0 Å². The summed E-state index contributed by atoms with van der Waals surface area (Å²) in [6.45, 7) is 1.66. The Labute approximate surface area is 109 Å². The van der Waals surface area contributed by atoms with Gasteiger partial charge in [-0.25, -0.2) is 8.42 Å². The summed E-state index contributed by atoms with van der Waals surface area (Å²) in [5.41, 5.74) is 6.48. The van der Waals surface area contributed by atoms with Crippen LogP contribution >= 0.6 is 27.7 Å². The lowest BCUT2D eigenvalue weighted by atomic mass is 10.3. The molecule has 0 bridgehead atoms. The normalized spacial score (nSPS) is 11.6. The van der Waals surface area contributed by atoms with Crippen molar-refractivity contribution in [1.29, 1.82) is 0 Å². The Bertz CT molecular complexity index is 460. The van der Waals surface area contributed by atoms with E-state index in [0.29, 0.717) is 11.4 Å². The van der Waals surface area contributed by atoms with Crippen LogP contribution in [0, 0.1) is 0 Å². The van der Waals surface area contributed by atoms with Gasteiger partial charge in [-0.05, 0) is 18.2 Å². The SMILES string of the molecule is CCS(=O)(=O)CCSc1ccc(Br)cc1N. The van der Waals surface area contributed by atoms with Gasteiger partial charge in [0.05, 0.1) is 5.75 Å². The summed E-state index contributed by atoms with van der Waals surface area (Å²) >= 11 is 4.80. The summed E-state index contributed by atoms with van der Waals surface area (Å²) < 4.78 is 23.5. The molecule has 2 N–H and O–H groups in total. The molecular formula is C10H14BrNO2S2. The summed E-state index contributed by atoms with van der Waals surface area (Å²) in [6, 6.07) is 5.60. The van der Waals surface area contributed by atoms with Crippen LogP contribution in [0.25, 0.3) is 0 Å². The molecule has 0 unspecified atom stereocenters. The predicted molar refractivity (Wildman–Crippen MR) is 73.6 cm³/mol. The smallest absolute Gasteiger partial charge is 0.150 e. The van der Waals surface area contributed by atoms with E-state index in [1.54, 1.807) is 6.92 Å². The lowest BCUT2D eigenvalue weighted by Crippen LogP contribution is -2.10. The van der Waals surface area contributed by atoms with Crippen LogP contribution in [0.2, 0.25) is 0 Å². The average Bonchev–Trinajstić information content (AvgIpc) is 2.21. The summed E-state index contributed by atoms with van der Waals surface area (Å²) in [5.74, 6) is 0.940. The Kier molecular flexibility index (Phi) is 5.14. The third kappa shape index (κ3) is 4.35. The third-order valence-corrected chi connectivity index (χ3v) is 5.61. The number of nitrogens with two attached hydrogens (primary N) is 1. The fraction of sp³-hybridized carbons (Fsp3) is 0.400. The van der Waals surface area contributed by atoms with E-state index in [4.69, 9.17) is 5.73 Å². The highest BCUT2D eigenvalue weighted by Gasteiger charge is 2.08. The Balaban J connectivity index is 2.56. The van der Waals surface area contributed by atoms with Crippen molar-refractivity contribution < 1.29 is 8.42 Å². The van der Waals surface area contributed by atoms with Gasteiger partial charge < -0.3 is 5.73 Å². The van der Waals surface area contributed by atoms with Crippen LogP contribution in [0.15, 0.2) is 27.6 Å². The molecule has 1 rings (SSSR count). The first-order valence-corrected chi connectivity index (χ1v) is 8.43. The van der Waals surface area contributed by atoms with Crippen LogP contribution in [-0.2, 0) is 9.84 Å². The van der Waals surface area contributed by atoms with E-state index in [2.05, 4.69) is 15.9 Å². The molecule has 1 aromatic carbocycles. The van der Waals surface area contributed by atoms with Crippen molar-refractivity contribution in [3.05, 3.63) is 22.7 Å². The van der Waals surface area contributed by atoms with E-state index in [1.165, 1.54) is 11.8 Å². The van der Waals surface area contributed by atoms with Crippen LogP contribution in [0.4, 0.5) is 5.69 Å². The van der Waals surface area contributed by atoms with Gasteiger partial charge in [-0.1, -0.05) is 22.9 Å². The van der Waals surface area contributed by atoms with E-state index >= 15 is 0 Å². The summed E-state index contributed by atoms with van der Waals surface area (Å²) in [5, 5.41) is 0. The van der Waals surface area contributed by atoms with Crippen molar-refractivity contribution in [2.24, 2.45) is 0 Å². The predicted octanol–water partition coefficient (Wildman–Crippen LogP) is 2.56. The van der Waals surface area contributed by atoms with E-state index < -0.39 is 9.84 Å². The van der Waals surface area contributed by atoms with Gasteiger partial charge in [-0.3, -0.25) is 0 Å². The van der Waals surface area contributed by atoms with Gasteiger partial charge in [0.2, 0.25) is 0 Å². The minimum atomic E-state index is -2.88. The largest absolute Gasteiger partial charge is 0.398 e. The molecule has 0 aliphatic carbocycles. The zero-order valence-electron chi connectivity index (χ0n) is 8.94. The summed E-state index contributed by atoms with van der Waals surface area (Å²) in [6.07, 6.45) is 0. The lowest BCUT2D eigenvalue weighted by molar-refractivity contribution is 0.599. The van der Waals surface area contributed by atoms with Gasteiger partial charge in [0.15, 0.2) is 9.84 Å². The molecular weight excluding hydrogens is 310 g/mol. The Morgan fingerprint density at radius 2 is 2.12 bits per heavy atom. The van der Waals surface area contributed by atoms with Crippen molar-refractivity contribution in [2.75, 3.05) is 23.0 Å². The van der Waals surface area contributed by atoms with Gasteiger partial charge in [0.1, 0.15) is 0 Å². The zero-order valence-corrected chi connectivity index (χ0v) is 12.2. The summed E-state index contributed by atoms with van der Waals surface area (Å²) in [4.78, 5) is 0.925. The van der Waals surface area contributed by atoms with E-state index in [9.17, 15) is 8.42 Å². The highest BCUT2D eigenvalue weighted by Crippen LogP contribution is 2.27. The van der Waals surface area contributed by atoms with Crippen LogP contribution in [-0.4, -0.2) is 25.7 Å². The molecule has 0 saturated carbocycles. The summed E-state index contributed by atoms with van der Waals surface area (Å²) in [7, 11) is -2.88. The lowest BCUT2D eigenvalue weighted by Gasteiger charge is -2.05. The molecule has 90 valence electrons. The topological polar surface area (TPSA) is 60.2 Å². The monoisotopic (exact) mass is 323 g/mol. The number of nitrogen functional groups attached to an aromatic ring is 1. The van der Waals surface area contributed by atoms with Crippen molar-refractivity contribution in [3.8, 4) is 0 Å². The number of sulfone groups is 1. The minimum Gasteiger partial charge on any atom is -0.398 e. The van der Waals surface area contributed by atoms with Crippen LogP contribution in [0.3, 0.4) is 0 Å². The molecule has 0 saturated heterocycles. The van der Waals surface area contributed by atoms with E-state index in [0.717, 1.165) is 9.37 Å². The second kappa shape index (κ2) is 5.93. The molecule has 0 amide bonds. The van der Waals surface area contributed by atoms with Gasteiger partial charge in [0, 0.05) is 26.6 Å². The Hall–Kier alpha value is -0.200. The molecule has 0 aromatic heterocycles. The quantitative estimate of drug-likeness (QED) is 0.668. The first-order valence-electron chi connectivity index (χ1n) is 4.83. The van der Waals surface area contributed by atoms with Gasteiger partial charge in [-0.2, -0.15) is 0 Å². The molecule has 0 fully saturated rings. The molecule has 0 aliphatic heterocycles. The molecule has 3 nitrogen and oxygen atoms in total. The molecule has 0 heterocycles. The molecule has 0 radical (unpaired) electrons. The first kappa shape index (κ1) is 13.9. The fourth-order valence-electron chi connectivity index (χ4n) is 1.07. The molecule has 1 aromatic rings. The number of hydrogen-bond donors (Lipinski definition) is 1. The maximum Gasteiger partial charge on any atom is 0.150 e. The van der Waals surface area contributed by atoms with E-state index in [-0.39, 0.29) is 11.5 Å². The second-order valence-corrected chi connectivity index (χ2v) is 7.79.